The number of rotatable bonds is 8. The molecule has 5 rings (SSSR count). The van der Waals surface area contributed by atoms with Crippen molar-refractivity contribution in [3.63, 3.8) is 0 Å². The van der Waals surface area contributed by atoms with Gasteiger partial charge in [0.25, 0.3) is 0 Å². The lowest BCUT2D eigenvalue weighted by atomic mass is 10.2. The highest BCUT2D eigenvalue weighted by Gasteiger charge is 2.27. The Morgan fingerprint density at radius 3 is 2.24 bits per heavy atom. The topological polar surface area (TPSA) is 117 Å². The summed E-state index contributed by atoms with van der Waals surface area (Å²) in [5, 5.41) is 0. The number of sulfonamides is 2. The highest BCUT2D eigenvalue weighted by atomic mass is 32.2. The Morgan fingerprint density at radius 2 is 1.53 bits per heavy atom. The summed E-state index contributed by atoms with van der Waals surface area (Å²) in [5.41, 5.74) is 1.72. The van der Waals surface area contributed by atoms with Gasteiger partial charge in [-0.15, -0.1) is 0 Å². The maximum atomic E-state index is 14.3. The summed E-state index contributed by atoms with van der Waals surface area (Å²) in [6.45, 7) is 1.94. The van der Waals surface area contributed by atoms with E-state index in [1.807, 2.05) is 9.80 Å². The van der Waals surface area contributed by atoms with Crippen LogP contribution in [0, 0.1) is 5.82 Å². The van der Waals surface area contributed by atoms with Crippen molar-refractivity contribution in [1.29, 1.82) is 0 Å². The average molecular weight is 563 g/mol. The maximum absolute atomic E-state index is 14.3. The molecule has 0 atom stereocenters. The number of fused-ring (bicyclic) bond motifs is 1. The van der Waals surface area contributed by atoms with Crippen molar-refractivity contribution in [1.82, 2.24) is 4.72 Å². The molecule has 202 valence electrons. The van der Waals surface area contributed by atoms with Crippen LogP contribution in [0.4, 0.5) is 21.5 Å². The van der Waals surface area contributed by atoms with Gasteiger partial charge in [0.1, 0.15) is 10.7 Å². The van der Waals surface area contributed by atoms with Crippen molar-refractivity contribution in [2.24, 2.45) is 0 Å². The van der Waals surface area contributed by atoms with Crippen molar-refractivity contribution in [3.05, 3.63) is 72.0 Å². The van der Waals surface area contributed by atoms with Crippen LogP contribution in [0.25, 0.3) is 0 Å². The second-order valence-corrected chi connectivity index (χ2v) is 12.5. The van der Waals surface area contributed by atoms with E-state index in [-0.39, 0.29) is 29.7 Å². The van der Waals surface area contributed by atoms with E-state index in [2.05, 4.69) is 9.44 Å². The maximum Gasteiger partial charge on any atom is 0.243 e. The van der Waals surface area contributed by atoms with E-state index < -0.39 is 20.0 Å². The fraction of sp³-hybridized carbons (Fsp3) is 0.280. The summed E-state index contributed by atoms with van der Waals surface area (Å²) in [6, 6.07) is 16.1. The molecule has 0 spiro atoms. The Kier molecular flexibility index (Phi) is 7.07. The monoisotopic (exact) mass is 562 g/mol. The van der Waals surface area contributed by atoms with Gasteiger partial charge in [-0.25, -0.2) is 25.9 Å². The van der Waals surface area contributed by atoms with E-state index in [9.17, 15) is 21.2 Å². The number of piperazine rings is 1. The number of hydrogen-bond acceptors (Lipinski definition) is 8. The molecule has 0 amide bonds. The van der Waals surface area contributed by atoms with Gasteiger partial charge in [-0.3, -0.25) is 4.72 Å². The van der Waals surface area contributed by atoms with Crippen LogP contribution in [0.3, 0.4) is 0 Å². The second-order valence-electron chi connectivity index (χ2n) is 8.99. The van der Waals surface area contributed by atoms with Gasteiger partial charge in [0, 0.05) is 38.4 Å². The molecule has 13 heteroatoms. The molecule has 3 aromatic rings. The van der Waals surface area contributed by atoms with Gasteiger partial charge in [0.05, 0.1) is 17.6 Å². The molecular formula is C25H27FN4O6S2. The number of benzene rings is 3. The van der Waals surface area contributed by atoms with Crippen LogP contribution in [0.2, 0.25) is 0 Å². The van der Waals surface area contributed by atoms with Crippen molar-refractivity contribution in [2.75, 3.05) is 53.7 Å². The van der Waals surface area contributed by atoms with E-state index in [0.29, 0.717) is 54.6 Å². The fourth-order valence-corrected chi connectivity index (χ4v) is 6.29. The average Bonchev–Trinajstić information content (AvgIpc) is 3.35. The van der Waals surface area contributed by atoms with E-state index in [1.165, 1.54) is 18.2 Å². The predicted molar refractivity (Wildman–Crippen MR) is 142 cm³/mol. The first kappa shape index (κ1) is 26.1. The highest BCUT2D eigenvalue weighted by Crippen LogP contribution is 2.34. The van der Waals surface area contributed by atoms with Crippen LogP contribution in [-0.4, -0.2) is 56.1 Å². The molecule has 10 nitrogen and oxygen atoms in total. The zero-order valence-electron chi connectivity index (χ0n) is 20.6. The molecule has 2 N–H and O–H groups in total. The molecule has 2 aliphatic heterocycles. The zero-order chi connectivity index (χ0) is 26.9. The first-order valence-corrected chi connectivity index (χ1v) is 15.2. The molecule has 2 aliphatic rings. The van der Waals surface area contributed by atoms with Gasteiger partial charge in [-0.05, 0) is 48.0 Å². The molecule has 1 saturated heterocycles. The van der Waals surface area contributed by atoms with Gasteiger partial charge in [0.15, 0.2) is 11.5 Å². The number of hydrogen-bond donors (Lipinski definition) is 2. The Hall–Kier alpha value is -3.55. The molecule has 0 bridgehead atoms. The Labute approximate surface area is 221 Å². The van der Waals surface area contributed by atoms with Gasteiger partial charge < -0.3 is 19.3 Å². The fourth-order valence-electron chi connectivity index (χ4n) is 4.47. The van der Waals surface area contributed by atoms with Crippen molar-refractivity contribution < 1.29 is 30.7 Å². The smallest absolute Gasteiger partial charge is 0.243 e. The summed E-state index contributed by atoms with van der Waals surface area (Å²) in [4.78, 5) is 3.75. The van der Waals surface area contributed by atoms with Crippen LogP contribution < -0.4 is 28.7 Å². The second kappa shape index (κ2) is 10.3. The van der Waals surface area contributed by atoms with Crippen molar-refractivity contribution in [2.45, 2.75) is 11.4 Å². The molecule has 0 unspecified atom stereocenters. The summed E-state index contributed by atoms with van der Waals surface area (Å²) < 4.78 is 80.5. The van der Waals surface area contributed by atoms with Crippen LogP contribution >= 0.6 is 0 Å². The number of ether oxygens (including phenoxy) is 2. The Balaban J connectivity index is 1.39. The van der Waals surface area contributed by atoms with Crippen LogP contribution in [0.1, 0.15) is 5.56 Å². The SMILES string of the molecule is CS(=O)(=O)Nc1ccc(N2CCN(c3ccccc3F)CC2)c(S(=O)(=O)NCc2ccc3c(c2)OCO3)c1. The molecule has 0 aromatic heterocycles. The van der Waals surface area contributed by atoms with Crippen LogP contribution in [0.5, 0.6) is 11.5 Å². The van der Waals surface area contributed by atoms with Gasteiger partial charge >= 0.3 is 0 Å². The summed E-state index contributed by atoms with van der Waals surface area (Å²) >= 11 is 0. The minimum atomic E-state index is -4.08. The van der Waals surface area contributed by atoms with E-state index in [0.717, 1.165) is 6.26 Å². The molecule has 0 radical (unpaired) electrons. The summed E-state index contributed by atoms with van der Waals surface area (Å²) in [7, 11) is -7.70. The quantitative estimate of drug-likeness (QED) is 0.431. The molecule has 0 aliphatic carbocycles. The lowest BCUT2D eigenvalue weighted by Gasteiger charge is -2.38. The molecule has 0 saturated carbocycles. The zero-order valence-corrected chi connectivity index (χ0v) is 22.2. The molecule has 2 heterocycles. The lowest BCUT2D eigenvalue weighted by molar-refractivity contribution is 0.174. The number of halogens is 1. The summed E-state index contributed by atoms with van der Waals surface area (Å²) in [5.74, 6) is 0.815. The number of nitrogens with one attached hydrogen (secondary N) is 2. The number of anilines is 3. The number of para-hydroxylation sites is 1. The largest absolute Gasteiger partial charge is 0.454 e. The lowest BCUT2D eigenvalue weighted by Crippen LogP contribution is -2.47. The predicted octanol–water partition coefficient (Wildman–Crippen LogP) is 2.73. The summed E-state index contributed by atoms with van der Waals surface area (Å²) in [6.07, 6.45) is 0.995. The molecule has 1 fully saturated rings. The number of nitrogens with zero attached hydrogens (tertiary/aromatic N) is 2. The van der Waals surface area contributed by atoms with Crippen LogP contribution in [-0.2, 0) is 26.6 Å². The van der Waals surface area contributed by atoms with E-state index >= 15 is 0 Å². The Morgan fingerprint density at radius 1 is 0.842 bits per heavy atom. The highest BCUT2D eigenvalue weighted by molar-refractivity contribution is 7.92. The van der Waals surface area contributed by atoms with E-state index in [4.69, 9.17) is 9.47 Å². The first-order valence-electron chi connectivity index (χ1n) is 11.8. The molecule has 38 heavy (non-hydrogen) atoms. The normalized spacial score (nSPS) is 15.5. The third kappa shape index (κ3) is 5.79. The third-order valence-electron chi connectivity index (χ3n) is 6.27. The molecular weight excluding hydrogens is 535 g/mol. The third-order valence-corrected chi connectivity index (χ3v) is 8.31. The van der Waals surface area contributed by atoms with Gasteiger partial charge in [-0.1, -0.05) is 18.2 Å². The Bertz CT molecular complexity index is 1560. The van der Waals surface area contributed by atoms with Crippen molar-refractivity contribution in [3.8, 4) is 11.5 Å². The van der Waals surface area contributed by atoms with Gasteiger partial charge in [0.2, 0.25) is 26.8 Å². The van der Waals surface area contributed by atoms with Crippen molar-refractivity contribution >= 4 is 37.1 Å². The molecule has 3 aromatic carbocycles. The van der Waals surface area contributed by atoms with E-state index in [1.54, 1.807) is 42.5 Å². The minimum absolute atomic E-state index is 0.0107. The standard InChI is InChI=1S/C25H27FN4O6S2/c1-37(31,32)28-19-7-8-22(30-12-10-29(11-13-30)21-5-3-2-4-20(21)26)25(15-19)38(33,34)27-16-18-6-9-23-24(14-18)36-17-35-23/h2-9,14-15,27-28H,10-13,16-17H2,1H3. The first-order chi connectivity index (χ1) is 18.1. The van der Waals surface area contributed by atoms with Crippen LogP contribution in [0.15, 0.2) is 65.6 Å². The minimum Gasteiger partial charge on any atom is -0.454 e. The van der Waals surface area contributed by atoms with Gasteiger partial charge in [-0.2, -0.15) is 0 Å².